The number of nitrogens with one attached hydrogen (secondary N) is 1. The second-order valence-electron chi connectivity index (χ2n) is 7.43. The quantitative estimate of drug-likeness (QED) is 0.451. The summed E-state index contributed by atoms with van der Waals surface area (Å²) in [5.74, 6) is 1.66. The third-order valence-corrected chi connectivity index (χ3v) is 6.26. The summed E-state index contributed by atoms with van der Waals surface area (Å²) >= 11 is 1.59. The van der Waals surface area contributed by atoms with Crippen molar-refractivity contribution in [2.24, 2.45) is 0 Å². The van der Waals surface area contributed by atoms with E-state index >= 15 is 0 Å². The molecule has 1 N–H and O–H groups in total. The lowest BCUT2D eigenvalue weighted by Gasteiger charge is -2.35. The molecule has 1 amide bonds. The molecule has 10 nitrogen and oxygen atoms in total. The van der Waals surface area contributed by atoms with Gasteiger partial charge in [-0.15, -0.1) is 11.3 Å². The van der Waals surface area contributed by atoms with E-state index in [9.17, 15) is 4.79 Å². The molecule has 164 valence electrons. The Morgan fingerprint density at radius 2 is 1.84 bits per heavy atom. The Balaban J connectivity index is 1.21. The van der Waals surface area contributed by atoms with Gasteiger partial charge in [0.15, 0.2) is 5.65 Å². The van der Waals surface area contributed by atoms with Crippen LogP contribution in [0.4, 0.5) is 11.8 Å². The molecule has 1 fully saturated rings. The number of hydrogen-bond acceptors (Lipinski definition) is 9. The average molecular weight is 450 g/mol. The Morgan fingerprint density at radius 3 is 2.62 bits per heavy atom. The van der Waals surface area contributed by atoms with E-state index < -0.39 is 0 Å². The minimum Gasteiger partial charge on any atom is -0.354 e. The van der Waals surface area contributed by atoms with Crippen molar-refractivity contribution in [2.45, 2.75) is 13.0 Å². The SMILES string of the molecule is O=C(Cc1cccs1)NCCn1ncc2c(N3CCN(c4ncccn4)CC3)ncnc21. The molecule has 1 saturated heterocycles. The van der Waals surface area contributed by atoms with E-state index in [1.165, 1.54) is 0 Å². The topological polar surface area (TPSA) is 105 Å². The van der Waals surface area contributed by atoms with E-state index in [0.29, 0.717) is 19.5 Å². The van der Waals surface area contributed by atoms with E-state index in [1.54, 1.807) is 30.1 Å². The standard InChI is InChI=1S/C21H23N9OS/c31-18(13-16-3-1-12-32-16)22-6-7-30-20-17(14-27-30)19(25-15-26-20)28-8-10-29(11-9-28)21-23-4-2-5-24-21/h1-5,12,14-15H,6-11,13H2,(H,22,31). The molecule has 0 aliphatic carbocycles. The number of anilines is 2. The van der Waals surface area contributed by atoms with Crippen LogP contribution in [-0.4, -0.2) is 68.3 Å². The van der Waals surface area contributed by atoms with Crippen LogP contribution in [0.5, 0.6) is 0 Å². The van der Waals surface area contributed by atoms with Gasteiger partial charge in [-0.1, -0.05) is 6.07 Å². The normalized spacial score (nSPS) is 14.1. The van der Waals surface area contributed by atoms with Crippen molar-refractivity contribution in [2.75, 3.05) is 42.5 Å². The zero-order valence-corrected chi connectivity index (χ0v) is 18.3. The first-order chi connectivity index (χ1) is 15.8. The molecule has 0 bridgehead atoms. The highest BCUT2D eigenvalue weighted by molar-refractivity contribution is 7.10. The molecule has 0 atom stereocenters. The van der Waals surface area contributed by atoms with Gasteiger partial charge in [0.05, 0.1) is 24.5 Å². The molecule has 1 aliphatic heterocycles. The number of nitrogens with zero attached hydrogens (tertiary/aromatic N) is 8. The molecule has 0 spiro atoms. The Labute approximate surface area is 188 Å². The summed E-state index contributed by atoms with van der Waals surface area (Å²) in [6.45, 7) is 4.31. The van der Waals surface area contributed by atoms with Crippen molar-refractivity contribution in [1.82, 2.24) is 35.0 Å². The van der Waals surface area contributed by atoms with Crippen molar-refractivity contribution < 1.29 is 4.79 Å². The Kier molecular flexibility index (Phi) is 5.88. The van der Waals surface area contributed by atoms with Crippen molar-refractivity contribution in [1.29, 1.82) is 0 Å². The lowest BCUT2D eigenvalue weighted by Crippen LogP contribution is -2.47. The van der Waals surface area contributed by atoms with E-state index in [0.717, 1.165) is 53.9 Å². The van der Waals surface area contributed by atoms with Crippen molar-refractivity contribution >= 4 is 40.0 Å². The highest BCUT2D eigenvalue weighted by Crippen LogP contribution is 2.24. The molecule has 1 aliphatic rings. The molecule has 0 unspecified atom stereocenters. The lowest BCUT2D eigenvalue weighted by molar-refractivity contribution is -0.120. The predicted octanol–water partition coefficient (Wildman–Crippen LogP) is 1.36. The lowest BCUT2D eigenvalue weighted by atomic mass is 10.3. The van der Waals surface area contributed by atoms with Gasteiger partial charge in [0.1, 0.15) is 12.1 Å². The van der Waals surface area contributed by atoms with E-state index in [-0.39, 0.29) is 5.91 Å². The van der Waals surface area contributed by atoms with E-state index in [1.807, 2.05) is 34.5 Å². The van der Waals surface area contributed by atoms with Crippen LogP contribution in [0.3, 0.4) is 0 Å². The fourth-order valence-electron chi connectivity index (χ4n) is 3.80. The average Bonchev–Trinajstić information content (AvgIpc) is 3.50. The summed E-state index contributed by atoms with van der Waals surface area (Å²) in [6, 6.07) is 5.75. The number of piperazine rings is 1. The molecular weight excluding hydrogens is 426 g/mol. The Bertz CT molecular complexity index is 1170. The third kappa shape index (κ3) is 4.37. The second kappa shape index (κ2) is 9.27. The van der Waals surface area contributed by atoms with Gasteiger partial charge in [-0.05, 0) is 17.5 Å². The zero-order chi connectivity index (χ0) is 21.8. The third-order valence-electron chi connectivity index (χ3n) is 5.39. The summed E-state index contributed by atoms with van der Waals surface area (Å²) in [4.78, 5) is 35.3. The Morgan fingerprint density at radius 1 is 1.03 bits per heavy atom. The molecule has 4 aromatic rings. The number of hydrogen-bond donors (Lipinski definition) is 1. The van der Waals surface area contributed by atoms with Crippen molar-refractivity contribution in [3.05, 3.63) is 53.4 Å². The van der Waals surface area contributed by atoms with Gasteiger partial charge < -0.3 is 15.1 Å². The maximum atomic E-state index is 12.1. The van der Waals surface area contributed by atoms with Crippen LogP contribution in [0.25, 0.3) is 11.0 Å². The highest BCUT2D eigenvalue weighted by atomic mass is 32.1. The molecule has 0 saturated carbocycles. The fourth-order valence-corrected chi connectivity index (χ4v) is 4.51. The zero-order valence-electron chi connectivity index (χ0n) is 17.5. The number of carbonyl (C=O) groups excluding carboxylic acids is 1. The largest absolute Gasteiger partial charge is 0.354 e. The smallest absolute Gasteiger partial charge is 0.225 e. The minimum atomic E-state index is 0.0134. The van der Waals surface area contributed by atoms with Crippen LogP contribution in [-0.2, 0) is 17.8 Å². The number of amides is 1. The predicted molar refractivity (Wildman–Crippen MR) is 123 cm³/mol. The molecule has 5 rings (SSSR count). The number of fused-ring (bicyclic) bond motifs is 1. The van der Waals surface area contributed by atoms with Gasteiger partial charge in [0, 0.05) is 50.0 Å². The van der Waals surface area contributed by atoms with Gasteiger partial charge in [-0.25, -0.2) is 24.6 Å². The number of rotatable bonds is 7. The summed E-state index contributed by atoms with van der Waals surface area (Å²) in [5, 5.41) is 10.3. The van der Waals surface area contributed by atoms with Crippen LogP contribution in [0.15, 0.2) is 48.5 Å². The number of thiophene rings is 1. The van der Waals surface area contributed by atoms with Crippen LogP contribution < -0.4 is 15.1 Å². The van der Waals surface area contributed by atoms with Crippen LogP contribution >= 0.6 is 11.3 Å². The van der Waals surface area contributed by atoms with Crippen LogP contribution in [0.1, 0.15) is 4.88 Å². The molecule has 5 heterocycles. The first-order valence-electron chi connectivity index (χ1n) is 10.5. The molecular formula is C21H23N9OS. The highest BCUT2D eigenvalue weighted by Gasteiger charge is 2.22. The van der Waals surface area contributed by atoms with E-state index in [4.69, 9.17) is 0 Å². The number of aromatic nitrogens is 6. The minimum absolute atomic E-state index is 0.0134. The molecule has 11 heteroatoms. The number of carbonyl (C=O) groups is 1. The molecule has 0 aromatic carbocycles. The Hall–Kier alpha value is -3.60. The van der Waals surface area contributed by atoms with Crippen LogP contribution in [0, 0.1) is 0 Å². The second-order valence-corrected chi connectivity index (χ2v) is 8.46. The monoisotopic (exact) mass is 449 g/mol. The van der Waals surface area contributed by atoms with Crippen LogP contribution in [0.2, 0.25) is 0 Å². The van der Waals surface area contributed by atoms with Crippen molar-refractivity contribution in [3.8, 4) is 0 Å². The molecule has 0 radical (unpaired) electrons. The first kappa shape index (κ1) is 20.3. The molecule has 4 aromatic heterocycles. The maximum Gasteiger partial charge on any atom is 0.225 e. The summed E-state index contributed by atoms with van der Waals surface area (Å²) < 4.78 is 1.82. The van der Waals surface area contributed by atoms with Gasteiger partial charge in [-0.3, -0.25) is 4.79 Å². The maximum absolute atomic E-state index is 12.1. The van der Waals surface area contributed by atoms with Gasteiger partial charge in [0.2, 0.25) is 11.9 Å². The fraction of sp³-hybridized carbons (Fsp3) is 0.333. The van der Waals surface area contributed by atoms with Gasteiger partial charge in [0.25, 0.3) is 0 Å². The van der Waals surface area contributed by atoms with E-state index in [2.05, 4.69) is 40.2 Å². The first-order valence-corrected chi connectivity index (χ1v) is 11.4. The summed E-state index contributed by atoms with van der Waals surface area (Å²) in [7, 11) is 0. The summed E-state index contributed by atoms with van der Waals surface area (Å²) in [5.41, 5.74) is 0.774. The molecule has 32 heavy (non-hydrogen) atoms. The summed E-state index contributed by atoms with van der Waals surface area (Å²) in [6.07, 6.45) is 7.33. The van der Waals surface area contributed by atoms with Gasteiger partial charge >= 0.3 is 0 Å². The van der Waals surface area contributed by atoms with Crippen molar-refractivity contribution in [3.63, 3.8) is 0 Å². The van der Waals surface area contributed by atoms with Gasteiger partial charge in [-0.2, -0.15) is 5.10 Å².